The maximum Gasteiger partial charge on any atom is 0.152 e. The van der Waals surface area contributed by atoms with Gasteiger partial charge in [-0.25, -0.2) is 4.98 Å². The summed E-state index contributed by atoms with van der Waals surface area (Å²) < 4.78 is 1.84. The van der Waals surface area contributed by atoms with Crippen molar-refractivity contribution in [1.29, 1.82) is 0 Å². The van der Waals surface area contributed by atoms with Gasteiger partial charge in [0.05, 0.1) is 5.60 Å². The van der Waals surface area contributed by atoms with E-state index in [1.54, 1.807) is 0 Å². The van der Waals surface area contributed by atoms with E-state index < -0.39 is 5.60 Å². The number of aryl methyl sites for hydroxylation is 3. The average Bonchev–Trinajstić information content (AvgIpc) is 2.66. The number of hydrogen-bond donors (Lipinski definition) is 2. The summed E-state index contributed by atoms with van der Waals surface area (Å²) in [5.41, 5.74) is 9.56. The van der Waals surface area contributed by atoms with Gasteiger partial charge in [-0.05, 0) is 45.1 Å². The highest BCUT2D eigenvalue weighted by atomic mass is 16.3. The molecular formula is C15H22N4O. The first-order valence-corrected chi connectivity index (χ1v) is 7.22. The molecule has 3 rings (SSSR count). The number of anilines is 1. The molecule has 0 saturated heterocycles. The molecule has 108 valence electrons. The van der Waals surface area contributed by atoms with Crippen LogP contribution in [0.15, 0.2) is 0 Å². The summed E-state index contributed by atoms with van der Waals surface area (Å²) in [7, 11) is 1.91. The first kappa shape index (κ1) is 13.4. The van der Waals surface area contributed by atoms with E-state index in [2.05, 4.69) is 10.1 Å². The molecule has 2 aromatic rings. The lowest BCUT2D eigenvalue weighted by molar-refractivity contribution is 0.0792. The smallest absolute Gasteiger partial charge is 0.152 e. The first-order valence-electron chi connectivity index (χ1n) is 7.22. The third kappa shape index (κ3) is 2.16. The Hall–Kier alpha value is -1.62. The molecule has 0 saturated carbocycles. The van der Waals surface area contributed by atoms with E-state index in [0.29, 0.717) is 12.2 Å². The molecule has 1 aliphatic carbocycles. The largest absolute Gasteiger partial charge is 0.390 e. The molecule has 2 aromatic heterocycles. The van der Waals surface area contributed by atoms with E-state index in [-0.39, 0.29) is 0 Å². The quantitative estimate of drug-likeness (QED) is 0.874. The number of fused-ring (bicyclic) bond motifs is 3. The molecule has 0 fully saturated rings. The van der Waals surface area contributed by atoms with Crippen LogP contribution in [0.1, 0.15) is 43.6 Å². The van der Waals surface area contributed by atoms with Crippen molar-refractivity contribution in [1.82, 2.24) is 14.8 Å². The number of nitrogen functional groups attached to an aromatic ring is 1. The molecule has 0 bridgehead atoms. The molecule has 3 N–H and O–H groups in total. The average molecular weight is 274 g/mol. The lowest BCUT2D eigenvalue weighted by atomic mass is 9.90. The van der Waals surface area contributed by atoms with Gasteiger partial charge in [0.1, 0.15) is 5.52 Å². The number of nitrogens with zero attached hydrogens (tertiary/aromatic N) is 3. The highest BCUT2D eigenvalue weighted by molar-refractivity contribution is 5.93. The predicted molar refractivity (Wildman–Crippen MR) is 79.6 cm³/mol. The predicted octanol–water partition coefficient (Wildman–Crippen LogP) is 1.74. The number of nitrogens with two attached hydrogens (primary N) is 1. The third-order valence-corrected chi connectivity index (χ3v) is 4.00. The Morgan fingerprint density at radius 1 is 1.30 bits per heavy atom. The van der Waals surface area contributed by atoms with Crippen LogP contribution in [0.4, 0.5) is 5.82 Å². The minimum atomic E-state index is -0.764. The van der Waals surface area contributed by atoms with Gasteiger partial charge in [-0.15, -0.1) is 0 Å². The van der Waals surface area contributed by atoms with E-state index >= 15 is 0 Å². The minimum Gasteiger partial charge on any atom is -0.390 e. The maximum atomic E-state index is 10.2. The molecule has 2 heterocycles. The van der Waals surface area contributed by atoms with Crippen molar-refractivity contribution >= 4 is 16.7 Å². The van der Waals surface area contributed by atoms with Gasteiger partial charge in [0.15, 0.2) is 5.82 Å². The van der Waals surface area contributed by atoms with E-state index in [9.17, 15) is 5.11 Å². The Balaban J connectivity index is 2.29. The monoisotopic (exact) mass is 274 g/mol. The second-order valence-corrected chi connectivity index (χ2v) is 6.41. The van der Waals surface area contributed by atoms with Crippen LogP contribution in [-0.4, -0.2) is 25.5 Å². The second-order valence-electron chi connectivity index (χ2n) is 6.41. The Bertz CT molecular complexity index is 667. The van der Waals surface area contributed by atoms with Crippen LogP contribution in [-0.2, 0) is 26.3 Å². The van der Waals surface area contributed by atoms with Gasteiger partial charge in [0.25, 0.3) is 0 Å². The summed E-state index contributed by atoms with van der Waals surface area (Å²) in [4.78, 5) is 4.53. The lowest BCUT2D eigenvalue weighted by Gasteiger charge is -2.20. The number of rotatable bonds is 2. The van der Waals surface area contributed by atoms with Crippen LogP contribution >= 0.6 is 0 Å². The molecule has 0 amide bonds. The van der Waals surface area contributed by atoms with Crippen LogP contribution in [0.2, 0.25) is 0 Å². The van der Waals surface area contributed by atoms with Crippen molar-refractivity contribution in [2.75, 3.05) is 5.73 Å². The van der Waals surface area contributed by atoms with Gasteiger partial charge in [0.2, 0.25) is 0 Å². The number of aromatic nitrogens is 3. The summed E-state index contributed by atoms with van der Waals surface area (Å²) in [5, 5.41) is 15.8. The summed E-state index contributed by atoms with van der Waals surface area (Å²) >= 11 is 0. The van der Waals surface area contributed by atoms with Crippen LogP contribution in [0.25, 0.3) is 10.9 Å². The zero-order valence-corrected chi connectivity index (χ0v) is 12.4. The molecule has 20 heavy (non-hydrogen) atoms. The van der Waals surface area contributed by atoms with Crippen LogP contribution in [0.3, 0.4) is 0 Å². The van der Waals surface area contributed by atoms with Gasteiger partial charge in [0, 0.05) is 30.2 Å². The topological polar surface area (TPSA) is 77.0 Å². The van der Waals surface area contributed by atoms with E-state index in [1.807, 2.05) is 25.6 Å². The summed E-state index contributed by atoms with van der Waals surface area (Å²) in [6.45, 7) is 3.64. The van der Waals surface area contributed by atoms with E-state index in [1.165, 1.54) is 18.4 Å². The van der Waals surface area contributed by atoms with Gasteiger partial charge >= 0.3 is 0 Å². The first-order chi connectivity index (χ1) is 9.37. The van der Waals surface area contributed by atoms with Gasteiger partial charge in [-0.2, -0.15) is 5.10 Å². The molecule has 5 heteroatoms. The van der Waals surface area contributed by atoms with Crippen LogP contribution in [0.5, 0.6) is 0 Å². The third-order valence-electron chi connectivity index (χ3n) is 4.00. The molecule has 0 unspecified atom stereocenters. The number of aliphatic hydroxyl groups is 1. The van der Waals surface area contributed by atoms with Crippen molar-refractivity contribution in [3.05, 3.63) is 17.0 Å². The van der Waals surface area contributed by atoms with Gasteiger partial charge < -0.3 is 10.8 Å². The Morgan fingerprint density at radius 3 is 2.70 bits per heavy atom. The molecule has 0 aliphatic heterocycles. The van der Waals surface area contributed by atoms with E-state index in [0.717, 1.165) is 35.1 Å². The SMILES string of the molecule is Cn1nc2c(N)nc3c(c2c1CC(C)(C)O)CCCC3. The van der Waals surface area contributed by atoms with Crippen molar-refractivity contribution < 1.29 is 5.11 Å². The molecule has 5 nitrogen and oxygen atoms in total. The van der Waals surface area contributed by atoms with Crippen molar-refractivity contribution in [2.45, 2.75) is 51.6 Å². The fraction of sp³-hybridized carbons (Fsp3) is 0.600. The number of hydrogen-bond acceptors (Lipinski definition) is 4. The minimum absolute atomic E-state index is 0.512. The Kier molecular flexibility index (Phi) is 2.97. The van der Waals surface area contributed by atoms with Crippen molar-refractivity contribution in [2.24, 2.45) is 7.05 Å². The zero-order valence-electron chi connectivity index (χ0n) is 12.4. The highest BCUT2D eigenvalue weighted by Gasteiger charge is 2.25. The van der Waals surface area contributed by atoms with Crippen LogP contribution < -0.4 is 5.73 Å². The Labute approximate surface area is 118 Å². The molecule has 0 atom stereocenters. The number of pyridine rings is 1. The summed E-state index contributed by atoms with van der Waals surface area (Å²) in [6, 6.07) is 0. The normalized spacial score (nSPS) is 15.6. The van der Waals surface area contributed by atoms with Gasteiger partial charge in [-0.1, -0.05) is 0 Å². The fourth-order valence-corrected chi connectivity index (χ4v) is 3.15. The van der Waals surface area contributed by atoms with Crippen LogP contribution in [0, 0.1) is 0 Å². The fourth-order valence-electron chi connectivity index (χ4n) is 3.15. The molecular weight excluding hydrogens is 252 g/mol. The lowest BCUT2D eigenvalue weighted by Crippen LogP contribution is -2.24. The Morgan fingerprint density at radius 2 is 2.00 bits per heavy atom. The summed E-state index contributed by atoms with van der Waals surface area (Å²) in [5.74, 6) is 0.512. The van der Waals surface area contributed by atoms with Gasteiger partial charge in [-0.3, -0.25) is 4.68 Å². The van der Waals surface area contributed by atoms with Crippen molar-refractivity contribution in [3.8, 4) is 0 Å². The molecule has 0 aromatic carbocycles. The second kappa shape index (κ2) is 4.45. The van der Waals surface area contributed by atoms with Crippen molar-refractivity contribution in [3.63, 3.8) is 0 Å². The standard InChI is InChI=1S/C15H22N4O/c1-15(2,20)8-11-12-9-6-4-5-7-10(9)17-14(16)13(12)18-19(11)3/h20H,4-8H2,1-3H3,(H2,16,17). The highest BCUT2D eigenvalue weighted by Crippen LogP contribution is 2.33. The molecule has 0 radical (unpaired) electrons. The maximum absolute atomic E-state index is 10.2. The zero-order chi connectivity index (χ0) is 14.5. The molecule has 0 spiro atoms. The molecule has 1 aliphatic rings. The summed E-state index contributed by atoms with van der Waals surface area (Å²) in [6.07, 6.45) is 4.95. The van der Waals surface area contributed by atoms with E-state index in [4.69, 9.17) is 5.73 Å².